The van der Waals surface area contributed by atoms with Crippen LogP contribution in [0.15, 0.2) is 24.3 Å². The smallest absolute Gasteiger partial charge is 0.166 e. The summed E-state index contributed by atoms with van der Waals surface area (Å²) in [7, 11) is 0. The van der Waals surface area contributed by atoms with E-state index in [4.69, 9.17) is 10.5 Å². The molecule has 0 fully saturated rings. The van der Waals surface area contributed by atoms with Crippen molar-refractivity contribution in [2.24, 2.45) is 0 Å². The van der Waals surface area contributed by atoms with Crippen LogP contribution in [0.1, 0.15) is 29.4 Å². The number of nitrogens with zero attached hydrogens (tertiary/aromatic N) is 4. The molecule has 150 valence electrons. The van der Waals surface area contributed by atoms with Crippen LogP contribution in [-0.2, 0) is 6.42 Å². The van der Waals surface area contributed by atoms with Crippen molar-refractivity contribution in [2.75, 3.05) is 29.5 Å². The lowest BCUT2D eigenvalue weighted by Crippen LogP contribution is -2.15. The van der Waals surface area contributed by atoms with Crippen LogP contribution in [0.2, 0.25) is 0 Å². The lowest BCUT2D eigenvalue weighted by molar-refractivity contribution is 0.333. The molecule has 0 saturated carbocycles. The largest absolute Gasteiger partial charge is 0.488 e. The highest BCUT2D eigenvalue weighted by molar-refractivity contribution is 5.64. The molecule has 3 heterocycles. The third-order valence-corrected chi connectivity index (χ3v) is 4.23. The van der Waals surface area contributed by atoms with Crippen LogP contribution >= 0.6 is 0 Å². The molecule has 0 aliphatic heterocycles. The van der Waals surface area contributed by atoms with Crippen molar-refractivity contribution < 1.29 is 4.74 Å². The van der Waals surface area contributed by atoms with E-state index >= 15 is 0 Å². The van der Waals surface area contributed by atoms with E-state index < -0.39 is 0 Å². The molecule has 9 nitrogen and oxygen atoms in total. The molecule has 0 aliphatic rings. The molecule has 5 N–H and O–H groups in total. The topological polar surface area (TPSA) is 138 Å². The second-order valence-corrected chi connectivity index (χ2v) is 6.53. The van der Waals surface area contributed by atoms with Gasteiger partial charge in [-0.3, -0.25) is 5.10 Å². The molecule has 29 heavy (non-hydrogen) atoms. The van der Waals surface area contributed by atoms with Crippen LogP contribution in [0.4, 0.5) is 23.3 Å². The van der Waals surface area contributed by atoms with Gasteiger partial charge in [0.2, 0.25) is 0 Å². The Morgan fingerprint density at radius 1 is 1.21 bits per heavy atom. The monoisotopic (exact) mass is 392 g/mol. The summed E-state index contributed by atoms with van der Waals surface area (Å²) in [5, 5.41) is 23.0. The van der Waals surface area contributed by atoms with Gasteiger partial charge in [-0.25, -0.2) is 9.97 Å². The van der Waals surface area contributed by atoms with Gasteiger partial charge in [0.05, 0.1) is 12.1 Å². The van der Waals surface area contributed by atoms with Gasteiger partial charge in [-0.05, 0) is 44.0 Å². The highest BCUT2D eigenvalue weighted by atomic mass is 16.5. The maximum absolute atomic E-state index is 9.59. The number of aryl methyl sites for hydroxylation is 3. The van der Waals surface area contributed by atoms with E-state index in [9.17, 15) is 5.26 Å². The Hall–Kier alpha value is -3.80. The third kappa shape index (κ3) is 4.93. The quantitative estimate of drug-likeness (QED) is 0.429. The summed E-state index contributed by atoms with van der Waals surface area (Å²) < 4.78 is 5.68. The number of rotatable bonds is 8. The number of aromatic nitrogens is 4. The first kappa shape index (κ1) is 19.9. The van der Waals surface area contributed by atoms with Crippen LogP contribution < -0.4 is 21.1 Å². The molecule has 0 aromatic carbocycles. The Morgan fingerprint density at radius 3 is 2.69 bits per heavy atom. The van der Waals surface area contributed by atoms with E-state index in [1.54, 1.807) is 6.07 Å². The van der Waals surface area contributed by atoms with Gasteiger partial charge in [0, 0.05) is 17.5 Å². The molecule has 0 radical (unpaired) electrons. The number of ether oxygens (including phenoxy) is 1. The molecule has 0 spiro atoms. The molecule has 0 atom stereocenters. The second-order valence-electron chi connectivity index (χ2n) is 6.53. The maximum Gasteiger partial charge on any atom is 0.166 e. The number of nitrogens with two attached hydrogens (primary N) is 1. The zero-order chi connectivity index (χ0) is 20.8. The number of hydrogen-bond donors (Lipinski definition) is 4. The van der Waals surface area contributed by atoms with E-state index in [-0.39, 0.29) is 0 Å². The normalized spacial score (nSPS) is 10.4. The van der Waals surface area contributed by atoms with Crippen LogP contribution in [-0.4, -0.2) is 33.3 Å². The van der Waals surface area contributed by atoms with E-state index in [1.807, 2.05) is 39.0 Å². The maximum atomic E-state index is 9.59. The molecule has 3 rings (SSSR count). The zero-order valence-electron chi connectivity index (χ0n) is 16.7. The molecule has 0 bridgehead atoms. The zero-order valence-corrected chi connectivity index (χ0v) is 16.7. The number of nitrogens with one attached hydrogen (secondary N) is 3. The van der Waals surface area contributed by atoms with Crippen molar-refractivity contribution in [3.8, 4) is 11.8 Å². The van der Waals surface area contributed by atoms with E-state index in [0.717, 1.165) is 17.0 Å². The molecular formula is C20H24N8O. The number of nitriles is 1. The van der Waals surface area contributed by atoms with Gasteiger partial charge in [0.15, 0.2) is 17.4 Å². The molecule has 0 aliphatic carbocycles. The Morgan fingerprint density at radius 2 is 2.03 bits per heavy atom. The molecule has 0 saturated heterocycles. The van der Waals surface area contributed by atoms with Crippen molar-refractivity contribution in [3.63, 3.8) is 0 Å². The number of aromatic amines is 1. The minimum atomic E-state index is 0.346. The van der Waals surface area contributed by atoms with Crippen molar-refractivity contribution in [2.45, 2.75) is 27.2 Å². The van der Waals surface area contributed by atoms with Gasteiger partial charge >= 0.3 is 0 Å². The first-order valence-electron chi connectivity index (χ1n) is 9.33. The van der Waals surface area contributed by atoms with Crippen LogP contribution in [0.3, 0.4) is 0 Å². The van der Waals surface area contributed by atoms with E-state index in [0.29, 0.717) is 54.2 Å². The van der Waals surface area contributed by atoms with Crippen LogP contribution in [0, 0.1) is 25.2 Å². The van der Waals surface area contributed by atoms with Crippen molar-refractivity contribution >= 4 is 23.3 Å². The fraction of sp³-hybridized carbons (Fsp3) is 0.300. The number of nitrogen functional groups attached to an aromatic ring is 1. The molecule has 0 amide bonds. The molecule has 3 aromatic heterocycles. The predicted molar refractivity (Wildman–Crippen MR) is 112 cm³/mol. The van der Waals surface area contributed by atoms with Gasteiger partial charge in [0.25, 0.3) is 0 Å². The average Bonchev–Trinajstić information content (AvgIpc) is 3.10. The highest BCUT2D eigenvalue weighted by Crippen LogP contribution is 2.24. The Balaban J connectivity index is 1.71. The third-order valence-electron chi connectivity index (χ3n) is 4.23. The summed E-state index contributed by atoms with van der Waals surface area (Å²) in [5.74, 6) is 2.67. The summed E-state index contributed by atoms with van der Waals surface area (Å²) in [4.78, 5) is 8.71. The average molecular weight is 392 g/mol. The fourth-order valence-electron chi connectivity index (χ4n) is 2.82. The summed E-state index contributed by atoms with van der Waals surface area (Å²) in [6.07, 6.45) is 0.705. The molecule has 3 aromatic rings. The minimum absolute atomic E-state index is 0.346. The van der Waals surface area contributed by atoms with Crippen LogP contribution in [0.25, 0.3) is 0 Å². The summed E-state index contributed by atoms with van der Waals surface area (Å²) >= 11 is 0. The van der Waals surface area contributed by atoms with Gasteiger partial charge in [-0.15, -0.1) is 0 Å². The Labute approximate surface area is 169 Å². The van der Waals surface area contributed by atoms with Crippen molar-refractivity contribution in [1.82, 2.24) is 20.2 Å². The first-order valence-corrected chi connectivity index (χ1v) is 9.33. The second kappa shape index (κ2) is 8.93. The SMILES string of the molecule is CCc1cc(Nc2cc(C)[nH]n2)nc(NCCOc2ccc(C)nc2N)c1C#N. The standard InChI is InChI=1S/C20H24N8O/c1-4-14-10-17(25-18-9-13(3)27-28-18)26-20(15(14)11-21)23-7-8-29-16-6-5-12(2)24-19(16)22/h5-6,9-10H,4,7-8H2,1-3H3,(H2,22,24)(H3,23,25,26,27,28). The van der Waals surface area contributed by atoms with Gasteiger partial charge in [0.1, 0.15) is 24.3 Å². The van der Waals surface area contributed by atoms with E-state index in [1.165, 1.54) is 0 Å². The predicted octanol–water partition coefficient (Wildman–Crippen LogP) is 3.07. The van der Waals surface area contributed by atoms with Crippen molar-refractivity contribution in [3.05, 3.63) is 46.8 Å². The lowest BCUT2D eigenvalue weighted by atomic mass is 10.1. The minimum Gasteiger partial charge on any atom is -0.488 e. The summed E-state index contributed by atoms with van der Waals surface area (Å²) in [6, 6.07) is 9.62. The summed E-state index contributed by atoms with van der Waals surface area (Å²) in [6.45, 7) is 6.58. The Bertz CT molecular complexity index is 1040. The Kier molecular flexibility index (Phi) is 6.14. The van der Waals surface area contributed by atoms with Crippen LogP contribution in [0.5, 0.6) is 5.75 Å². The number of H-pyrrole nitrogens is 1. The lowest BCUT2D eigenvalue weighted by Gasteiger charge is -2.14. The number of anilines is 4. The van der Waals surface area contributed by atoms with Gasteiger partial charge in [-0.2, -0.15) is 10.4 Å². The molecule has 0 unspecified atom stereocenters. The molecule has 9 heteroatoms. The van der Waals surface area contributed by atoms with E-state index in [2.05, 4.69) is 36.9 Å². The fourth-order valence-corrected chi connectivity index (χ4v) is 2.82. The summed E-state index contributed by atoms with van der Waals surface area (Å²) in [5.41, 5.74) is 9.06. The molecular weight excluding hydrogens is 368 g/mol. The van der Waals surface area contributed by atoms with Gasteiger partial charge in [-0.1, -0.05) is 6.92 Å². The number of pyridine rings is 2. The highest BCUT2D eigenvalue weighted by Gasteiger charge is 2.12. The van der Waals surface area contributed by atoms with Gasteiger partial charge < -0.3 is 21.1 Å². The number of hydrogen-bond acceptors (Lipinski definition) is 8. The first-order chi connectivity index (χ1) is 14.0. The van der Waals surface area contributed by atoms with Crippen molar-refractivity contribution in [1.29, 1.82) is 5.26 Å².